The highest BCUT2D eigenvalue weighted by Crippen LogP contribution is 2.25. The van der Waals surface area contributed by atoms with Crippen molar-refractivity contribution in [3.8, 4) is 0 Å². The zero-order valence-electron chi connectivity index (χ0n) is 5.85. The number of anilines is 2. The van der Waals surface area contributed by atoms with Gasteiger partial charge in [-0.1, -0.05) is 11.6 Å². The van der Waals surface area contributed by atoms with E-state index in [-0.39, 0.29) is 0 Å². The van der Waals surface area contributed by atoms with Crippen LogP contribution in [0.1, 0.15) is 0 Å². The highest BCUT2D eigenvalue weighted by molar-refractivity contribution is 6.35. The van der Waals surface area contributed by atoms with Gasteiger partial charge < -0.3 is 11.1 Å². The minimum absolute atomic E-state index is 0.355. The number of nitrogens with one attached hydrogen (secondary N) is 1. The summed E-state index contributed by atoms with van der Waals surface area (Å²) in [6.07, 6.45) is 0. The van der Waals surface area contributed by atoms with Gasteiger partial charge in [0.05, 0.1) is 0 Å². The highest BCUT2D eigenvalue weighted by Gasteiger charge is 2.08. The molecule has 0 aliphatic rings. The number of aromatic nitrogens is 2. The van der Waals surface area contributed by atoms with Crippen LogP contribution in [0.2, 0.25) is 5.02 Å². The number of aryl methyl sites for hydroxylation is 1. The highest BCUT2D eigenvalue weighted by atomic mass is 35.5. The lowest BCUT2D eigenvalue weighted by atomic mass is 10.6. The molecule has 0 aliphatic carbocycles. The number of nitrogens with zero attached hydrogens (tertiary/aromatic N) is 2. The molecule has 3 N–H and O–H groups in total. The summed E-state index contributed by atoms with van der Waals surface area (Å²) >= 11 is 5.74. The Kier molecular flexibility index (Phi) is 1.72. The Balaban J connectivity index is 3.20. The maximum Gasteiger partial charge on any atom is 0.166 e. The van der Waals surface area contributed by atoms with Gasteiger partial charge in [-0.3, -0.25) is 0 Å². The Morgan fingerprint density at radius 1 is 1.70 bits per heavy atom. The van der Waals surface area contributed by atoms with E-state index >= 15 is 0 Å². The van der Waals surface area contributed by atoms with Crippen LogP contribution in [-0.2, 0) is 7.05 Å². The van der Waals surface area contributed by atoms with Crippen LogP contribution in [0.25, 0.3) is 0 Å². The molecule has 1 aromatic rings. The average molecular weight is 161 g/mol. The van der Waals surface area contributed by atoms with Crippen molar-refractivity contribution in [1.29, 1.82) is 0 Å². The van der Waals surface area contributed by atoms with Crippen LogP contribution < -0.4 is 11.1 Å². The Morgan fingerprint density at radius 3 is 2.50 bits per heavy atom. The predicted octanol–water partition coefficient (Wildman–Crippen LogP) is 0.697. The summed E-state index contributed by atoms with van der Waals surface area (Å²) in [4.78, 5) is 0. The normalized spacial score (nSPS) is 9.90. The first kappa shape index (κ1) is 7.21. The zero-order valence-corrected chi connectivity index (χ0v) is 6.61. The van der Waals surface area contributed by atoms with Crippen LogP contribution in [0.15, 0.2) is 0 Å². The van der Waals surface area contributed by atoms with Crippen LogP contribution in [-0.4, -0.2) is 16.8 Å². The van der Waals surface area contributed by atoms with Gasteiger partial charge in [-0.25, -0.2) is 4.68 Å². The molecule has 0 spiro atoms. The molecule has 0 aromatic carbocycles. The number of rotatable bonds is 1. The first-order valence-corrected chi connectivity index (χ1v) is 3.20. The fraction of sp³-hybridized carbons (Fsp3) is 0.400. The second kappa shape index (κ2) is 2.38. The molecule has 0 bridgehead atoms. The van der Waals surface area contributed by atoms with Gasteiger partial charge in [0.2, 0.25) is 0 Å². The quantitative estimate of drug-likeness (QED) is 0.636. The molecule has 0 fully saturated rings. The molecule has 0 amide bonds. The molecule has 1 aromatic heterocycles. The van der Waals surface area contributed by atoms with Gasteiger partial charge in [0.1, 0.15) is 10.8 Å². The van der Waals surface area contributed by atoms with E-state index < -0.39 is 0 Å². The van der Waals surface area contributed by atoms with Gasteiger partial charge in [0, 0.05) is 14.1 Å². The topological polar surface area (TPSA) is 55.9 Å². The van der Waals surface area contributed by atoms with E-state index in [9.17, 15) is 0 Å². The lowest BCUT2D eigenvalue weighted by molar-refractivity contribution is 0.779. The van der Waals surface area contributed by atoms with E-state index in [4.69, 9.17) is 17.3 Å². The number of nitrogens with two attached hydrogens (primary N) is 1. The van der Waals surface area contributed by atoms with Crippen LogP contribution in [0, 0.1) is 0 Å². The minimum atomic E-state index is 0.355. The van der Waals surface area contributed by atoms with Crippen molar-refractivity contribution in [1.82, 2.24) is 9.78 Å². The van der Waals surface area contributed by atoms with Crippen molar-refractivity contribution in [2.75, 3.05) is 18.1 Å². The molecule has 0 aliphatic heterocycles. The molecule has 4 nitrogen and oxygen atoms in total. The molecule has 0 unspecified atom stereocenters. The third kappa shape index (κ3) is 0.903. The standard InChI is InChI=1S/C5H9ClN4/c1-8-5-3(6)4(7)9-10(5)2/h8H,1-2H3,(H2,7,9). The van der Waals surface area contributed by atoms with Crippen molar-refractivity contribution in [2.24, 2.45) is 7.05 Å². The Morgan fingerprint density at radius 2 is 2.30 bits per heavy atom. The van der Waals surface area contributed by atoms with Crippen LogP contribution in [0.5, 0.6) is 0 Å². The fourth-order valence-corrected chi connectivity index (χ4v) is 1.05. The first-order chi connectivity index (χ1) is 4.66. The van der Waals surface area contributed by atoms with Gasteiger partial charge in [-0.15, -0.1) is 0 Å². The Labute approximate surface area is 64.0 Å². The molecule has 1 heterocycles. The summed E-state index contributed by atoms with van der Waals surface area (Å²) in [5.41, 5.74) is 5.41. The van der Waals surface area contributed by atoms with E-state index in [0.29, 0.717) is 10.8 Å². The second-order valence-corrected chi connectivity index (χ2v) is 2.30. The fourth-order valence-electron chi connectivity index (χ4n) is 0.790. The first-order valence-electron chi connectivity index (χ1n) is 2.82. The lowest BCUT2D eigenvalue weighted by Gasteiger charge is -1.97. The van der Waals surface area contributed by atoms with Gasteiger partial charge >= 0.3 is 0 Å². The third-order valence-electron chi connectivity index (χ3n) is 1.25. The van der Waals surface area contributed by atoms with Gasteiger partial charge in [0.15, 0.2) is 5.82 Å². The van der Waals surface area contributed by atoms with Gasteiger partial charge in [0.25, 0.3) is 0 Å². The molecular formula is C5H9ClN4. The summed E-state index contributed by atoms with van der Waals surface area (Å²) < 4.78 is 1.59. The number of halogens is 1. The Hall–Kier alpha value is -0.900. The molecule has 0 saturated heterocycles. The number of hydrogen-bond donors (Lipinski definition) is 2. The second-order valence-electron chi connectivity index (χ2n) is 1.92. The van der Waals surface area contributed by atoms with Crippen LogP contribution >= 0.6 is 11.6 Å². The molecule has 0 saturated carbocycles. The van der Waals surface area contributed by atoms with Gasteiger partial charge in [-0.2, -0.15) is 5.10 Å². The molecule has 0 radical (unpaired) electrons. The molecular weight excluding hydrogens is 152 g/mol. The summed E-state index contributed by atoms with van der Waals surface area (Å²) in [7, 11) is 3.54. The monoisotopic (exact) mass is 160 g/mol. The predicted molar refractivity (Wildman–Crippen MR) is 42.2 cm³/mol. The number of hydrogen-bond acceptors (Lipinski definition) is 3. The Bertz CT molecular complexity index is 242. The summed E-state index contributed by atoms with van der Waals surface area (Å²) in [5.74, 6) is 1.09. The molecule has 10 heavy (non-hydrogen) atoms. The van der Waals surface area contributed by atoms with E-state index in [2.05, 4.69) is 10.4 Å². The molecule has 5 heteroatoms. The minimum Gasteiger partial charge on any atom is -0.381 e. The maximum absolute atomic E-state index is 5.74. The van der Waals surface area contributed by atoms with Crippen LogP contribution in [0.4, 0.5) is 11.6 Å². The average Bonchev–Trinajstić information content (AvgIpc) is 2.09. The molecule has 1 rings (SSSR count). The van der Waals surface area contributed by atoms with Crippen molar-refractivity contribution < 1.29 is 0 Å². The lowest BCUT2D eigenvalue weighted by Crippen LogP contribution is -1.98. The van der Waals surface area contributed by atoms with E-state index in [1.807, 2.05) is 0 Å². The molecule has 56 valence electrons. The summed E-state index contributed by atoms with van der Waals surface area (Å²) in [6, 6.07) is 0. The van der Waals surface area contributed by atoms with Crippen molar-refractivity contribution in [2.45, 2.75) is 0 Å². The van der Waals surface area contributed by atoms with Crippen molar-refractivity contribution in [3.63, 3.8) is 0 Å². The SMILES string of the molecule is CNc1c(Cl)c(N)nn1C. The van der Waals surface area contributed by atoms with E-state index in [1.165, 1.54) is 0 Å². The zero-order chi connectivity index (χ0) is 7.72. The smallest absolute Gasteiger partial charge is 0.166 e. The van der Waals surface area contributed by atoms with E-state index in [0.717, 1.165) is 5.82 Å². The maximum atomic E-state index is 5.74. The third-order valence-corrected chi connectivity index (χ3v) is 1.62. The number of nitrogen functional groups attached to an aromatic ring is 1. The van der Waals surface area contributed by atoms with Crippen molar-refractivity contribution >= 4 is 23.2 Å². The van der Waals surface area contributed by atoms with Crippen LogP contribution in [0.3, 0.4) is 0 Å². The largest absolute Gasteiger partial charge is 0.381 e. The summed E-state index contributed by atoms with van der Waals surface area (Å²) in [5, 5.41) is 7.23. The van der Waals surface area contributed by atoms with Gasteiger partial charge in [-0.05, 0) is 0 Å². The van der Waals surface area contributed by atoms with E-state index in [1.54, 1.807) is 18.8 Å². The summed E-state index contributed by atoms with van der Waals surface area (Å²) in [6.45, 7) is 0. The molecule has 0 atom stereocenters. The van der Waals surface area contributed by atoms with Crippen molar-refractivity contribution in [3.05, 3.63) is 5.02 Å².